The Morgan fingerprint density at radius 2 is 2.20 bits per heavy atom. The Kier molecular flexibility index (Phi) is 2.33. The first-order valence-corrected chi connectivity index (χ1v) is 5.84. The highest BCUT2D eigenvalue weighted by atomic mass is 15.2. The molecule has 0 amide bonds. The summed E-state index contributed by atoms with van der Waals surface area (Å²) in [4.78, 5) is 6.80. The molecule has 2 aliphatic heterocycles. The first kappa shape index (κ1) is 9.16. The van der Waals surface area contributed by atoms with Gasteiger partial charge in [-0.2, -0.15) is 0 Å². The molecule has 0 saturated carbocycles. The van der Waals surface area contributed by atoms with E-state index in [4.69, 9.17) is 0 Å². The molecule has 3 rings (SSSR count). The van der Waals surface area contributed by atoms with Crippen molar-refractivity contribution in [3.05, 3.63) is 24.5 Å². The van der Waals surface area contributed by atoms with Crippen LogP contribution in [-0.4, -0.2) is 30.2 Å². The molecule has 0 aliphatic carbocycles. The Morgan fingerprint density at radius 3 is 3.07 bits per heavy atom. The molecule has 3 heterocycles. The summed E-state index contributed by atoms with van der Waals surface area (Å²) >= 11 is 0. The standard InChI is InChI=1S/C12H17N3/c1-2-11(8-13-6-1)15-10-3-4-12(15)9-14-7-5-10/h1-2,6,8,10,12,14H,3-5,7,9H2/t10-,12+/m0/s1. The van der Waals surface area contributed by atoms with Crippen LogP contribution in [0.1, 0.15) is 19.3 Å². The molecule has 2 atom stereocenters. The van der Waals surface area contributed by atoms with Crippen molar-refractivity contribution in [2.24, 2.45) is 0 Å². The maximum Gasteiger partial charge on any atom is 0.0558 e. The Labute approximate surface area is 90.5 Å². The summed E-state index contributed by atoms with van der Waals surface area (Å²) in [5, 5.41) is 3.52. The Balaban J connectivity index is 1.91. The summed E-state index contributed by atoms with van der Waals surface area (Å²) in [7, 11) is 0. The second kappa shape index (κ2) is 3.81. The number of hydrogen-bond acceptors (Lipinski definition) is 3. The molecule has 0 unspecified atom stereocenters. The predicted octanol–water partition coefficient (Wildman–Crippen LogP) is 1.41. The summed E-state index contributed by atoms with van der Waals surface area (Å²) in [6.45, 7) is 2.29. The fourth-order valence-corrected chi connectivity index (χ4v) is 2.91. The first-order chi connectivity index (χ1) is 7.45. The molecule has 3 nitrogen and oxygen atoms in total. The monoisotopic (exact) mass is 203 g/mol. The largest absolute Gasteiger partial charge is 0.363 e. The van der Waals surface area contributed by atoms with Crippen molar-refractivity contribution in [3.63, 3.8) is 0 Å². The average molecular weight is 203 g/mol. The molecule has 2 aliphatic rings. The van der Waals surface area contributed by atoms with Crippen LogP contribution >= 0.6 is 0 Å². The molecule has 2 saturated heterocycles. The van der Waals surface area contributed by atoms with Gasteiger partial charge in [0.15, 0.2) is 0 Å². The second-order valence-electron chi connectivity index (χ2n) is 4.50. The lowest BCUT2D eigenvalue weighted by Crippen LogP contribution is -2.38. The lowest BCUT2D eigenvalue weighted by Gasteiger charge is -2.29. The van der Waals surface area contributed by atoms with Crippen LogP contribution in [0.15, 0.2) is 24.5 Å². The highest BCUT2D eigenvalue weighted by Gasteiger charge is 2.34. The molecule has 0 spiro atoms. The minimum Gasteiger partial charge on any atom is -0.363 e. The number of pyridine rings is 1. The zero-order valence-electron chi connectivity index (χ0n) is 8.89. The van der Waals surface area contributed by atoms with Crippen LogP contribution < -0.4 is 10.2 Å². The lowest BCUT2D eigenvalue weighted by atomic mass is 10.1. The Morgan fingerprint density at radius 1 is 1.27 bits per heavy atom. The summed E-state index contributed by atoms with van der Waals surface area (Å²) in [6.07, 6.45) is 7.79. The molecule has 0 aromatic carbocycles. The van der Waals surface area contributed by atoms with Gasteiger partial charge < -0.3 is 10.2 Å². The van der Waals surface area contributed by atoms with Crippen molar-refractivity contribution in [1.29, 1.82) is 0 Å². The van der Waals surface area contributed by atoms with Gasteiger partial charge in [-0.1, -0.05) is 0 Å². The highest BCUT2D eigenvalue weighted by molar-refractivity contribution is 5.48. The number of anilines is 1. The SMILES string of the molecule is c1cncc(N2[C@@H]3CCNC[C@H]2CC3)c1. The number of nitrogens with zero attached hydrogens (tertiary/aromatic N) is 2. The number of fused-ring (bicyclic) bond motifs is 2. The highest BCUT2D eigenvalue weighted by Crippen LogP contribution is 2.32. The minimum atomic E-state index is 0.682. The van der Waals surface area contributed by atoms with E-state index in [2.05, 4.69) is 21.3 Å². The van der Waals surface area contributed by atoms with E-state index < -0.39 is 0 Å². The van der Waals surface area contributed by atoms with Gasteiger partial charge in [0.05, 0.1) is 11.9 Å². The third-order valence-electron chi connectivity index (χ3n) is 3.60. The zero-order valence-corrected chi connectivity index (χ0v) is 8.89. The van der Waals surface area contributed by atoms with Gasteiger partial charge in [0.2, 0.25) is 0 Å². The van der Waals surface area contributed by atoms with Crippen molar-refractivity contribution in [2.45, 2.75) is 31.3 Å². The second-order valence-corrected chi connectivity index (χ2v) is 4.50. The summed E-state index contributed by atoms with van der Waals surface area (Å²) in [5.41, 5.74) is 1.30. The molecule has 15 heavy (non-hydrogen) atoms. The van der Waals surface area contributed by atoms with Crippen LogP contribution in [0.25, 0.3) is 0 Å². The van der Waals surface area contributed by atoms with E-state index in [1.165, 1.54) is 24.9 Å². The van der Waals surface area contributed by atoms with E-state index in [9.17, 15) is 0 Å². The minimum absolute atomic E-state index is 0.682. The van der Waals surface area contributed by atoms with Crippen molar-refractivity contribution in [3.8, 4) is 0 Å². The van der Waals surface area contributed by atoms with Crippen molar-refractivity contribution in [2.75, 3.05) is 18.0 Å². The van der Waals surface area contributed by atoms with Crippen LogP contribution in [-0.2, 0) is 0 Å². The molecular formula is C12H17N3. The number of aromatic nitrogens is 1. The van der Waals surface area contributed by atoms with Gasteiger partial charge in [-0.25, -0.2) is 0 Å². The molecule has 80 valence electrons. The quantitative estimate of drug-likeness (QED) is 0.748. The number of hydrogen-bond donors (Lipinski definition) is 1. The predicted molar refractivity (Wildman–Crippen MR) is 61.0 cm³/mol. The topological polar surface area (TPSA) is 28.2 Å². The van der Waals surface area contributed by atoms with Gasteiger partial charge >= 0.3 is 0 Å². The number of nitrogens with one attached hydrogen (secondary N) is 1. The molecular weight excluding hydrogens is 186 g/mol. The van der Waals surface area contributed by atoms with E-state index in [1.54, 1.807) is 0 Å². The smallest absolute Gasteiger partial charge is 0.0558 e. The van der Waals surface area contributed by atoms with Crippen LogP contribution in [0.4, 0.5) is 5.69 Å². The van der Waals surface area contributed by atoms with Gasteiger partial charge in [-0.05, 0) is 37.9 Å². The van der Waals surface area contributed by atoms with Gasteiger partial charge in [0, 0.05) is 24.8 Å². The third kappa shape index (κ3) is 1.61. The Hall–Kier alpha value is -1.09. The van der Waals surface area contributed by atoms with E-state index in [1.807, 2.05) is 18.5 Å². The normalized spacial score (nSPS) is 30.3. The fourth-order valence-electron chi connectivity index (χ4n) is 2.91. The van der Waals surface area contributed by atoms with Crippen molar-refractivity contribution >= 4 is 5.69 Å². The van der Waals surface area contributed by atoms with Gasteiger partial charge in [0.1, 0.15) is 0 Å². The average Bonchev–Trinajstić information content (AvgIpc) is 2.53. The zero-order chi connectivity index (χ0) is 10.1. The maximum atomic E-state index is 4.23. The molecule has 2 fully saturated rings. The maximum absolute atomic E-state index is 4.23. The van der Waals surface area contributed by atoms with Gasteiger partial charge in [-0.3, -0.25) is 4.98 Å². The van der Waals surface area contributed by atoms with Crippen LogP contribution in [0, 0.1) is 0 Å². The molecule has 1 aromatic rings. The van der Waals surface area contributed by atoms with E-state index in [0.29, 0.717) is 6.04 Å². The third-order valence-corrected chi connectivity index (χ3v) is 3.60. The summed E-state index contributed by atoms with van der Waals surface area (Å²) < 4.78 is 0. The Bertz CT molecular complexity index is 311. The van der Waals surface area contributed by atoms with Crippen molar-refractivity contribution < 1.29 is 0 Å². The van der Waals surface area contributed by atoms with E-state index >= 15 is 0 Å². The van der Waals surface area contributed by atoms with Crippen LogP contribution in [0.5, 0.6) is 0 Å². The van der Waals surface area contributed by atoms with Crippen LogP contribution in [0.3, 0.4) is 0 Å². The van der Waals surface area contributed by atoms with Gasteiger partial charge in [0.25, 0.3) is 0 Å². The summed E-state index contributed by atoms with van der Waals surface area (Å²) in [5.74, 6) is 0. The van der Waals surface area contributed by atoms with Crippen molar-refractivity contribution in [1.82, 2.24) is 10.3 Å². The van der Waals surface area contributed by atoms with Gasteiger partial charge in [-0.15, -0.1) is 0 Å². The van der Waals surface area contributed by atoms with E-state index in [-0.39, 0.29) is 0 Å². The molecule has 0 radical (unpaired) electrons. The summed E-state index contributed by atoms with van der Waals surface area (Å²) in [6, 6.07) is 5.63. The molecule has 3 heteroatoms. The molecule has 2 bridgehead atoms. The molecule has 1 aromatic heterocycles. The number of rotatable bonds is 1. The molecule has 1 N–H and O–H groups in total. The lowest BCUT2D eigenvalue weighted by molar-refractivity contribution is 0.567. The van der Waals surface area contributed by atoms with E-state index in [0.717, 1.165) is 19.1 Å². The first-order valence-electron chi connectivity index (χ1n) is 5.84. The van der Waals surface area contributed by atoms with Crippen LogP contribution in [0.2, 0.25) is 0 Å². The fraction of sp³-hybridized carbons (Fsp3) is 0.583.